The molecule has 0 unspecified atom stereocenters. The van der Waals surface area contributed by atoms with Gasteiger partial charge in [-0.2, -0.15) is 0 Å². The summed E-state index contributed by atoms with van der Waals surface area (Å²) in [5, 5.41) is 3.22. The number of benzene rings is 1. The van der Waals surface area contributed by atoms with Gasteiger partial charge in [-0.3, -0.25) is 9.69 Å². The van der Waals surface area contributed by atoms with E-state index in [9.17, 15) is 4.79 Å². The van der Waals surface area contributed by atoms with Crippen molar-refractivity contribution in [3.63, 3.8) is 0 Å². The summed E-state index contributed by atoms with van der Waals surface area (Å²) in [5.74, 6) is 1.83. The van der Waals surface area contributed by atoms with Crippen LogP contribution < -0.4 is 14.8 Å². The van der Waals surface area contributed by atoms with Gasteiger partial charge in [-0.25, -0.2) is 0 Å². The molecule has 1 aromatic rings. The molecule has 1 N–H and O–H groups in total. The van der Waals surface area contributed by atoms with E-state index in [4.69, 9.17) is 14.2 Å². The Morgan fingerprint density at radius 3 is 3.00 bits per heavy atom. The van der Waals surface area contributed by atoms with E-state index < -0.39 is 0 Å². The van der Waals surface area contributed by atoms with Crippen molar-refractivity contribution in [2.24, 2.45) is 5.41 Å². The maximum absolute atomic E-state index is 12.9. The van der Waals surface area contributed by atoms with Crippen LogP contribution in [0.3, 0.4) is 0 Å². The van der Waals surface area contributed by atoms with Gasteiger partial charge >= 0.3 is 0 Å². The number of nitrogens with zero attached hydrogens (tertiary/aromatic N) is 1. The average Bonchev–Trinajstić information content (AvgIpc) is 3.14. The molecule has 3 aliphatic heterocycles. The summed E-state index contributed by atoms with van der Waals surface area (Å²) in [6, 6.07) is 6.50. The zero-order valence-corrected chi connectivity index (χ0v) is 14.3. The Bertz CT molecular complexity index is 690. The van der Waals surface area contributed by atoms with Crippen molar-refractivity contribution in [1.82, 2.24) is 10.2 Å². The average molecular weight is 344 g/mol. The third kappa shape index (κ3) is 2.77. The van der Waals surface area contributed by atoms with E-state index in [0.29, 0.717) is 19.4 Å². The van der Waals surface area contributed by atoms with Gasteiger partial charge in [0.1, 0.15) is 0 Å². The fraction of sp³-hybridized carbons (Fsp3) is 0.632. The van der Waals surface area contributed by atoms with Crippen LogP contribution in [0.5, 0.6) is 11.5 Å². The lowest BCUT2D eigenvalue weighted by molar-refractivity contribution is -0.139. The molecule has 1 saturated carbocycles. The molecule has 2 atom stereocenters. The molecule has 1 aromatic carbocycles. The molecule has 5 rings (SSSR count). The van der Waals surface area contributed by atoms with Crippen molar-refractivity contribution in [3.8, 4) is 11.5 Å². The summed E-state index contributed by atoms with van der Waals surface area (Å²) in [5.41, 5.74) is 0.816. The first-order valence-corrected chi connectivity index (χ1v) is 9.26. The molecule has 4 aliphatic rings. The summed E-state index contributed by atoms with van der Waals surface area (Å²) >= 11 is 0. The Balaban J connectivity index is 1.32. The molecular formula is C19H24N2O4. The molecule has 0 radical (unpaired) electrons. The van der Waals surface area contributed by atoms with Gasteiger partial charge in [-0.1, -0.05) is 6.07 Å². The maximum atomic E-state index is 12.9. The second-order valence-corrected chi connectivity index (χ2v) is 7.70. The van der Waals surface area contributed by atoms with Gasteiger partial charge in [0.05, 0.1) is 11.5 Å². The number of carbonyl (C=O) groups is 1. The summed E-state index contributed by atoms with van der Waals surface area (Å²) in [4.78, 5) is 15.3. The van der Waals surface area contributed by atoms with Crippen LogP contribution in [0.25, 0.3) is 0 Å². The van der Waals surface area contributed by atoms with Gasteiger partial charge in [0.15, 0.2) is 11.5 Å². The fourth-order valence-electron chi connectivity index (χ4n) is 4.34. The molecule has 6 nitrogen and oxygen atoms in total. The van der Waals surface area contributed by atoms with Crippen molar-refractivity contribution in [2.45, 2.75) is 44.4 Å². The predicted octanol–water partition coefficient (Wildman–Crippen LogP) is 1.67. The third-order valence-corrected chi connectivity index (χ3v) is 5.90. The fourth-order valence-corrected chi connectivity index (χ4v) is 4.34. The lowest BCUT2D eigenvalue weighted by atomic mass is 9.75. The van der Waals surface area contributed by atoms with Crippen molar-refractivity contribution in [3.05, 3.63) is 23.8 Å². The van der Waals surface area contributed by atoms with Crippen LogP contribution in [0.2, 0.25) is 0 Å². The number of amides is 1. The van der Waals surface area contributed by atoms with Crippen LogP contribution >= 0.6 is 0 Å². The minimum atomic E-state index is -0.378. The van der Waals surface area contributed by atoms with E-state index in [1.165, 1.54) is 5.56 Å². The molecule has 1 aliphatic carbocycles. The number of piperidine rings is 1. The highest BCUT2D eigenvalue weighted by Gasteiger charge is 2.53. The number of hydrogen-bond donors (Lipinski definition) is 1. The molecule has 0 aromatic heterocycles. The summed E-state index contributed by atoms with van der Waals surface area (Å²) in [7, 11) is 0. The number of likely N-dealkylation sites (tertiary alicyclic amines) is 1. The summed E-state index contributed by atoms with van der Waals surface area (Å²) in [6.45, 7) is 3.54. The van der Waals surface area contributed by atoms with Gasteiger partial charge in [-0.15, -0.1) is 0 Å². The largest absolute Gasteiger partial charge is 0.454 e. The lowest BCUT2D eigenvalue weighted by Crippen LogP contribution is -2.57. The minimum absolute atomic E-state index is 0.0688. The number of carbonyl (C=O) groups excluding carboxylic acids is 1. The first-order chi connectivity index (χ1) is 12.2. The Hall–Kier alpha value is -1.79. The van der Waals surface area contributed by atoms with E-state index in [-0.39, 0.29) is 17.4 Å². The van der Waals surface area contributed by atoms with Crippen LogP contribution in [-0.4, -0.2) is 49.4 Å². The minimum Gasteiger partial charge on any atom is -0.454 e. The van der Waals surface area contributed by atoms with Crippen LogP contribution in [0, 0.1) is 5.41 Å². The van der Waals surface area contributed by atoms with Crippen LogP contribution in [-0.2, 0) is 16.1 Å². The topological polar surface area (TPSA) is 60.0 Å². The highest BCUT2D eigenvalue weighted by Crippen LogP contribution is 2.42. The molecule has 6 heteroatoms. The van der Waals surface area contributed by atoms with Crippen LogP contribution in [0.1, 0.15) is 31.2 Å². The van der Waals surface area contributed by atoms with Gasteiger partial charge < -0.3 is 19.5 Å². The quantitative estimate of drug-likeness (QED) is 0.900. The number of nitrogens with one attached hydrogen (secondary N) is 1. The van der Waals surface area contributed by atoms with Crippen molar-refractivity contribution >= 4 is 5.91 Å². The molecule has 25 heavy (non-hydrogen) atoms. The predicted molar refractivity (Wildman–Crippen MR) is 90.4 cm³/mol. The molecule has 3 heterocycles. The van der Waals surface area contributed by atoms with Crippen molar-refractivity contribution < 1.29 is 19.0 Å². The van der Waals surface area contributed by atoms with E-state index in [1.54, 1.807) is 0 Å². The Labute approximate surface area is 147 Å². The first kappa shape index (κ1) is 15.5. The molecule has 3 fully saturated rings. The molecule has 134 valence electrons. The van der Waals surface area contributed by atoms with Crippen LogP contribution in [0.15, 0.2) is 18.2 Å². The third-order valence-electron chi connectivity index (χ3n) is 5.90. The first-order valence-electron chi connectivity index (χ1n) is 9.26. The summed E-state index contributed by atoms with van der Waals surface area (Å²) < 4.78 is 16.8. The smallest absolute Gasteiger partial charge is 0.231 e. The van der Waals surface area contributed by atoms with Crippen LogP contribution in [0.4, 0.5) is 0 Å². The standard InChI is InChI=1S/C19H24N2O4/c22-18(20-14-2-3-14)19-6-8-23-17(19)5-7-21(11-19)10-13-1-4-15-16(9-13)25-12-24-15/h1,4,9,14,17H,2-3,5-8,10-12H2,(H,20,22)/t17-,19-/m1/s1. The highest BCUT2D eigenvalue weighted by molar-refractivity contribution is 5.84. The van der Waals surface area contributed by atoms with Gasteiger partial charge in [0, 0.05) is 32.3 Å². The monoisotopic (exact) mass is 344 g/mol. The van der Waals surface area contributed by atoms with Crippen molar-refractivity contribution in [1.29, 1.82) is 0 Å². The molecule has 0 bridgehead atoms. The second-order valence-electron chi connectivity index (χ2n) is 7.70. The Morgan fingerprint density at radius 1 is 1.24 bits per heavy atom. The lowest BCUT2D eigenvalue weighted by Gasteiger charge is -2.42. The van der Waals surface area contributed by atoms with Gasteiger partial charge in [0.25, 0.3) is 0 Å². The van der Waals surface area contributed by atoms with E-state index in [1.807, 2.05) is 6.07 Å². The van der Waals surface area contributed by atoms with Gasteiger partial charge in [0.2, 0.25) is 12.7 Å². The number of rotatable bonds is 4. The van der Waals surface area contributed by atoms with Gasteiger partial charge in [-0.05, 0) is 43.4 Å². The van der Waals surface area contributed by atoms with Crippen molar-refractivity contribution in [2.75, 3.05) is 26.5 Å². The zero-order valence-electron chi connectivity index (χ0n) is 14.3. The van der Waals surface area contributed by atoms with E-state index in [2.05, 4.69) is 22.3 Å². The molecule has 2 saturated heterocycles. The van der Waals surface area contributed by atoms with E-state index in [0.717, 1.165) is 56.8 Å². The number of fused-ring (bicyclic) bond motifs is 2. The number of hydrogen-bond acceptors (Lipinski definition) is 5. The summed E-state index contributed by atoms with van der Waals surface area (Å²) in [6.07, 6.45) is 4.05. The van der Waals surface area contributed by atoms with E-state index >= 15 is 0 Å². The second kappa shape index (κ2) is 5.88. The highest BCUT2D eigenvalue weighted by atomic mass is 16.7. The maximum Gasteiger partial charge on any atom is 0.231 e. The SMILES string of the molecule is O=C(NC1CC1)[C@@]12CCO[C@@H]1CCN(Cc1ccc3c(c1)OCO3)C2. The molecular weight excluding hydrogens is 320 g/mol. The normalized spacial score (nSPS) is 31.0. The Kier molecular flexibility index (Phi) is 3.64. The molecule has 0 spiro atoms. The number of ether oxygens (including phenoxy) is 3. The molecule has 1 amide bonds. The Morgan fingerprint density at radius 2 is 2.12 bits per heavy atom. The zero-order chi connectivity index (χ0) is 16.9.